The van der Waals surface area contributed by atoms with Gasteiger partial charge in [-0.3, -0.25) is 13.6 Å². The summed E-state index contributed by atoms with van der Waals surface area (Å²) in [5.41, 5.74) is 11.2. The number of hydrogen-bond acceptors (Lipinski definition) is 6. The van der Waals surface area contributed by atoms with Crippen molar-refractivity contribution in [3.63, 3.8) is 0 Å². The molecule has 35 heavy (non-hydrogen) atoms. The molecule has 0 heterocycles. The molecule has 1 N–H and O–H groups in total. The van der Waals surface area contributed by atoms with Gasteiger partial charge in [0.15, 0.2) is 0 Å². The highest BCUT2D eigenvalue weighted by Crippen LogP contribution is 2.50. The van der Waals surface area contributed by atoms with E-state index in [2.05, 4.69) is 10.0 Å². The number of carbonyl (C=O) groups is 1. The number of amides is 1. The average molecular weight is 496 g/mol. The van der Waals surface area contributed by atoms with E-state index in [9.17, 15) is 14.5 Å². The van der Waals surface area contributed by atoms with Gasteiger partial charge in [0.1, 0.15) is 0 Å². The Kier molecular flexibility index (Phi) is 9.86. The van der Waals surface area contributed by atoms with E-state index in [1.54, 1.807) is 24.3 Å². The summed E-state index contributed by atoms with van der Waals surface area (Å²) in [6.07, 6.45) is -1.17. The summed E-state index contributed by atoms with van der Waals surface area (Å²) < 4.78 is 29.9. The molecule has 3 aromatic carbocycles. The fourth-order valence-corrected chi connectivity index (χ4v) is 4.16. The highest BCUT2D eigenvalue weighted by molar-refractivity contribution is 7.48. The summed E-state index contributed by atoms with van der Waals surface area (Å²) >= 11 is 0. The van der Waals surface area contributed by atoms with Crippen LogP contribution in [0.4, 0.5) is 10.5 Å². The summed E-state index contributed by atoms with van der Waals surface area (Å²) in [7, 11) is -4.00. The number of phosphoric ester groups is 1. The second kappa shape index (κ2) is 13.3. The zero-order valence-corrected chi connectivity index (χ0v) is 19.7. The minimum absolute atomic E-state index is 0.00702. The molecule has 0 radical (unpaired) electrons. The van der Waals surface area contributed by atoms with Crippen LogP contribution < -0.4 is 0 Å². The van der Waals surface area contributed by atoms with Gasteiger partial charge in [0.25, 0.3) is 0 Å². The third kappa shape index (κ3) is 8.90. The molecule has 0 saturated carbocycles. The van der Waals surface area contributed by atoms with Gasteiger partial charge < -0.3 is 10.0 Å². The molecular weight excluding hydrogens is 471 g/mol. The maximum Gasteiger partial charge on any atom is 0.475 e. The molecule has 3 aromatic rings. The van der Waals surface area contributed by atoms with Crippen molar-refractivity contribution in [1.82, 2.24) is 4.90 Å². The Labute approximate surface area is 202 Å². The quantitative estimate of drug-likeness (QED) is 0.122. The van der Waals surface area contributed by atoms with Crippen LogP contribution in [0.3, 0.4) is 0 Å². The van der Waals surface area contributed by atoms with Crippen molar-refractivity contribution in [3.8, 4) is 0 Å². The normalized spacial score (nSPS) is 11.0. The maximum atomic E-state index is 13.3. The average Bonchev–Trinajstić information content (AvgIpc) is 2.88. The van der Waals surface area contributed by atoms with E-state index in [4.69, 9.17) is 19.1 Å². The topological polar surface area (TPSA) is 134 Å². The van der Waals surface area contributed by atoms with Crippen molar-refractivity contribution in [2.75, 3.05) is 13.2 Å². The van der Waals surface area contributed by atoms with Crippen LogP contribution in [0.5, 0.6) is 0 Å². The van der Waals surface area contributed by atoms with Crippen molar-refractivity contribution >= 4 is 19.6 Å². The summed E-state index contributed by atoms with van der Waals surface area (Å²) in [5, 5.41) is 13.1. The molecule has 182 valence electrons. The molecule has 3 rings (SSSR count). The van der Waals surface area contributed by atoms with Gasteiger partial charge in [0.2, 0.25) is 0 Å². The zero-order chi connectivity index (χ0) is 24.9. The lowest BCUT2D eigenvalue weighted by molar-refractivity contribution is 0.0877. The third-order valence-corrected chi connectivity index (χ3v) is 6.20. The smallest absolute Gasteiger partial charge is 0.465 e. The van der Waals surface area contributed by atoms with Crippen LogP contribution in [0, 0.1) is 0 Å². The number of benzene rings is 3. The Morgan fingerprint density at radius 3 is 1.89 bits per heavy atom. The first-order chi connectivity index (χ1) is 17.0. The van der Waals surface area contributed by atoms with E-state index >= 15 is 0 Å². The van der Waals surface area contributed by atoms with Crippen LogP contribution in [0.25, 0.3) is 10.4 Å². The van der Waals surface area contributed by atoms with Crippen LogP contribution in [-0.2, 0) is 37.9 Å². The molecule has 0 saturated heterocycles. The highest BCUT2D eigenvalue weighted by atomic mass is 31.2. The van der Waals surface area contributed by atoms with Crippen molar-refractivity contribution in [3.05, 3.63) is 112 Å². The van der Waals surface area contributed by atoms with E-state index in [1.807, 2.05) is 60.7 Å². The van der Waals surface area contributed by atoms with Crippen LogP contribution in [0.15, 0.2) is 90.0 Å². The molecule has 0 atom stereocenters. The van der Waals surface area contributed by atoms with E-state index in [-0.39, 0.29) is 32.9 Å². The molecule has 0 spiro atoms. The van der Waals surface area contributed by atoms with Crippen LogP contribution >= 0.6 is 7.82 Å². The summed E-state index contributed by atoms with van der Waals surface area (Å²) in [5.74, 6) is 0. The lowest BCUT2D eigenvalue weighted by atomic mass is 10.2. The van der Waals surface area contributed by atoms with Crippen LogP contribution in [-0.4, -0.2) is 29.3 Å². The van der Waals surface area contributed by atoms with E-state index in [0.29, 0.717) is 11.3 Å². The first-order valence-corrected chi connectivity index (χ1v) is 12.2. The van der Waals surface area contributed by atoms with Gasteiger partial charge in [0, 0.05) is 23.7 Å². The van der Waals surface area contributed by atoms with E-state index in [1.165, 1.54) is 0 Å². The molecule has 10 nitrogen and oxygen atoms in total. The van der Waals surface area contributed by atoms with Crippen molar-refractivity contribution in [2.24, 2.45) is 5.11 Å². The predicted octanol–water partition coefficient (Wildman–Crippen LogP) is 6.67. The molecule has 0 fully saturated rings. The van der Waals surface area contributed by atoms with Crippen LogP contribution in [0.2, 0.25) is 0 Å². The molecule has 0 unspecified atom stereocenters. The minimum Gasteiger partial charge on any atom is -0.465 e. The number of phosphoric acid groups is 1. The molecule has 0 aliphatic heterocycles. The predicted molar refractivity (Wildman–Crippen MR) is 130 cm³/mol. The Morgan fingerprint density at radius 1 is 0.857 bits per heavy atom. The number of nitrogens with zero attached hydrogens (tertiary/aromatic N) is 4. The van der Waals surface area contributed by atoms with Gasteiger partial charge >= 0.3 is 13.9 Å². The first-order valence-electron chi connectivity index (χ1n) is 10.7. The maximum absolute atomic E-state index is 13.3. The SMILES string of the molecule is [N-]=[N+]=Nc1ccc(CN(CCOP(=O)(OCc2ccccc2)OCc2ccccc2)C(=O)O)cc1. The van der Waals surface area contributed by atoms with Gasteiger partial charge in [-0.15, -0.1) is 0 Å². The monoisotopic (exact) mass is 496 g/mol. The number of hydrogen-bond donors (Lipinski definition) is 1. The molecule has 1 amide bonds. The number of rotatable bonds is 13. The number of carboxylic acid groups (broad SMARTS) is 1. The zero-order valence-electron chi connectivity index (χ0n) is 18.8. The Hall–Kier alpha value is -3.65. The Bertz CT molecular complexity index is 1120. The van der Waals surface area contributed by atoms with Crippen molar-refractivity contribution in [2.45, 2.75) is 19.8 Å². The molecule has 0 aliphatic rings. The molecule has 0 aromatic heterocycles. The fourth-order valence-electron chi connectivity index (χ4n) is 3.01. The molecule has 0 bridgehead atoms. The number of azide groups is 1. The van der Waals surface area contributed by atoms with Crippen molar-refractivity contribution < 1.29 is 28.0 Å². The summed E-state index contributed by atoms with van der Waals surface area (Å²) in [4.78, 5) is 15.5. The molecule has 0 aliphatic carbocycles. The fraction of sp³-hybridized carbons (Fsp3) is 0.208. The Balaban J connectivity index is 1.61. The lowest BCUT2D eigenvalue weighted by Crippen LogP contribution is -2.32. The third-order valence-electron chi connectivity index (χ3n) is 4.82. The van der Waals surface area contributed by atoms with Gasteiger partial charge in [-0.1, -0.05) is 90.0 Å². The van der Waals surface area contributed by atoms with Gasteiger partial charge in [-0.2, -0.15) is 0 Å². The van der Waals surface area contributed by atoms with E-state index < -0.39 is 13.9 Å². The van der Waals surface area contributed by atoms with Gasteiger partial charge in [0.05, 0.1) is 19.8 Å². The lowest BCUT2D eigenvalue weighted by Gasteiger charge is -2.22. The Morgan fingerprint density at radius 2 is 1.40 bits per heavy atom. The minimum atomic E-state index is -4.00. The first kappa shape index (κ1) is 26.0. The van der Waals surface area contributed by atoms with Gasteiger partial charge in [-0.25, -0.2) is 9.36 Å². The second-order valence-electron chi connectivity index (χ2n) is 7.36. The summed E-state index contributed by atoms with van der Waals surface area (Å²) in [6.45, 7) is -0.194. The second-order valence-corrected chi connectivity index (χ2v) is 9.03. The standard InChI is InChI=1S/C24H25N4O6P/c25-27-26-23-13-11-20(12-14-23)17-28(24(29)30)15-16-32-35(31,33-18-21-7-3-1-4-8-21)34-19-22-9-5-2-6-10-22/h1-14H,15-19H2,(H,29,30). The van der Waals surface area contributed by atoms with Gasteiger partial charge in [-0.05, 0) is 22.2 Å². The van der Waals surface area contributed by atoms with Crippen molar-refractivity contribution in [1.29, 1.82) is 0 Å². The molecular formula is C24H25N4O6P. The van der Waals surface area contributed by atoms with Crippen LogP contribution in [0.1, 0.15) is 16.7 Å². The largest absolute Gasteiger partial charge is 0.475 e. The molecule has 11 heteroatoms. The highest BCUT2D eigenvalue weighted by Gasteiger charge is 2.28. The van der Waals surface area contributed by atoms with E-state index in [0.717, 1.165) is 16.0 Å². The summed E-state index contributed by atoms with van der Waals surface area (Å²) in [6, 6.07) is 24.8.